The molecule has 3 rings (SSSR count). The van der Waals surface area contributed by atoms with Crippen LogP contribution in [0, 0.1) is 12.8 Å². The van der Waals surface area contributed by atoms with Gasteiger partial charge in [-0.2, -0.15) is 0 Å². The second-order valence-electron chi connectivity index (χ2n) is 7.17. The first kappa shape index (κ1) is 18.9. The van der Waals surface area contributed by atoms with Crippen LogP contribution < -0.4 is 5.32 Å². The predicted molar refractivity (Wildman–Crippen MR) is 103 cm³/mol. The van der Waals surface area contributed by atoms with E-state index in [2.05, 4.69) is 21.2 Å². The van der Waals surface area contributed by atoms with E-state index in [9.17, 15) is 14.4 Å². The molecule has 1 saturated heterocycles. The van der Waals surface area contributed by atoms with Crippen molar-refractivity contribution in [2.45, 2.75) is 38.6 Å². The van der Waals surface area contributed by atoms with E-state index in [-0.39, 0.29) is 30.2 Å². The van der Waals surface area contributed by atoms with Crippen molar-refractivity contribution in [3.63, 3.8) is 0 Å². The Balaban J connectivity index is 1.57. The van der Waals surface area contributed by atoms with Gasteiger partial charge in [0.15, 0.2) is 0 Å². The highest BCUT2D eigenvalue weighted by Gasteiger charge is 2.41. The number of hydrogen-bond acceptors (Lipinski definition) is 3. The summed E-state index contributed by atoms with van der Waals surface area (Å²) in [5.74, 6) is -0.190. The smallest absolute Gasteiger partial charge is 0.245 e. The van der Waals surface area contributed by atoms with Crippen molar-refractivity contribution < 1.29 is 14.4 Å². The molecule has 2 aliphatic rings. The Morgan fingerprint density at radius 3 is 2.65 bits per heavy atom. The predicted octanol–water partition coefficient (Wildman–Crippen LogP) is 2.56. The van der Waals surface area contributed by atoms with Gasteiger partial charge in [0.1, 0.15) is 6.04 Å². The zero-order valence-corrected chi connectivity index (χ0v) is 16.7. The standard InChI is InChI=1S/C19H24BrN3O3/c1-12-10-14(20)7-8-15(12)21-17(24)11-22(2)19(26)16-4-3-9-23(16)18(25)13-5-6-13/h7-8,10,13,16H,3-6,9,11H2,1-2H3,(H,21,24)/t16-/m1/s1. The van der Waals surface area contributed by atoms with E-state index in [1.54, 1.807) is 11.9 Å². The molecule has 140 valence electrons. The summed E-state index contributed by atoms with van der Waals surface area (Å²) in [4.78, 5) is 40.5. The van der Waals surface area contributed by atoms with E-state index in [1.807, 2.05) is 25.1 Å². The zero-order chi connectivity index (χ0) is 18.8. The molecule has 2 fully saturated rings. The summed E-state index contributed by atoms with van der Waals surface area (Å²) in [6.45, 7) is 2.52. The van der Waals surface area contributed by atoms with Crippen LogP contribution in [0.5, 0.6) is 0 Å². The molecule has 0 unspecified atom stereocenters. The fourth-order valence-corrected chi connectivity index (χ4v) is 3.83. The van der Waals surface area contributed by atoms with Crippen LogP contribution >= 0.6 is 15.9 Å². The van der Waals surface area contributed by atoms with Gasteiger partial charge in [0.05, 0.1) is 6.54 Å². The van der Waals surface area contributed by atoms with Crippen molar-refractivity contribution >= 4 is 39.3 Å². The molecule has 1 aromatic rings. The normalized spacial score (nSPS) is 19.3. The van der Waals surface area contributed by atoms with E-state index in [1.165, 1.54) is 4.90 Å². The third-order valence-electron chi connectivity index (χ3n) is 4.97. The topological polar surface area (TPSA) is 69.7 Å². The summed E-state index contributed by atoms with van der Waals surface area (Å²) in [6.07, 6.45) is 3.38. The summed E-state index contributed by atoms with van der Waals surface area (Å²) in [6, 6.07) is 5.18. The number of benzene rings is 1. The summed E-state index contributed by atoms with van der Waals surface area (Å²) in [5, 5.41) is 2.84. The minimum absolute atomic E-state index is 0.0315. The van der Waals surface area contributed by atoms with Gasteiger partial charge in [-0.25, -0.2) is 0 Å². The number of likely N-dealkylation sites (N-methyl/N-ethyl adjacent to an activating group) is 1. The van der Waals surface area contributed by atoms with E-state index >= 15 is 0 Å². The second-order valence-corrected chi connectivity index (χ2v) is 8.08. The number of rotatable bonds is 5. The molecule has 1 heterocycles. The Hall–Kier alpha value is -1.89. The van der Waals surface area contributed by atoms with Gasteiger partial charge in [0.2, 0.25) is 17.7 Å². The monoisotopic (exact) mass is 421 g/mol. The van der Waals surface area contributed by atoms with Crippen LogP contribution in [-0.4, -0.2) is 53.7 Å². The van der Waals surface area contributed by atoms with Crippen molar-refractivity contribution in [3.05, 3.63) is 28.2 Å². The summed E-state index contributed by atoms with van der Waals surface area (Å²) in [7, 11) is 1.62. The second kappa shape index (κ2) is 7.78. The molecule has 1 aromatic carbocycles. The number of likely N-dealkylation sites (tertiary alicyclic amines) is 1. The van der Waals surface area contributed by atoms with Crippen LogP contribution in [-0.2, 0) is 14.4 Å². The zero-order valence-electron chi connectivity index (χ0n) is 15.1. The Labute approximate surface area is 162 Å². The number of aryl methyl sites for hydroxylation is 1. The molecule has 1 aliphatic heterocycles. The molecule has 1 saturated carbocycles. The molecule has 0 aromatic heterocycles. The Bertz CT molecular complexity index is 733. The fourth-order valence-electron chi connectivity index (χ4n) is 3.36. The van der Waals surface area contributed by atoms with Crippen LogP contribution in [0.1, 0.15) is 31.2 Å². The lowest BCUT2D eigenvalue weighted by molar-refractivity contribution is -0.144. The number of nitrogens with one attached hydrogen (secondary N) is 1. The molecule has 26 heavy (non-hydrogen) atoms. The highest BCUT2D eigenvalue weighted by atomic mass is 79.9. The number of carbonyl (C=O) groups is 3. The van der Waals surface area contributed by atoms with Crippen molar-refractivity contribution in [3.8, 4) is 0 Å². The quantitative estimate of drug-likeness (QED) is 0.793. The minimum atomic E-state index is -0.421. The Kier molecular flexibility index (Phi) is 5.65. The van der Waals surface area contributed by atoms with Gasteiger partial charge in [0.25, 0.3) is 0 Å². The van der Waals surface area contributed by atoms with Crippen LogP contribution in [0.2, 0.25) is 0 Å². The van der Waals surface area contributed by atoms with Crippen molar-refractivity contribution in [2.24, 2.45) is 5.92 Å². The minimum Gasteiger partial charge on any atom is -0.335 e. The first-order chi connectivity index (χ1) is 12.4. The average Bonchev–Trinajstić information content (AvgIpc) is 3.32. The molecule has 1 N–H and O–H groups in total. The van der Waals surface area contributed by atoms with Crippen LogP contribution in [0.4, 0.5) is 5.69 Å². The van der Waals surface area contributed by atoms with Gasteiger partial charge in [-0.15, -0.1) is 0 Å². The van der Waals surface area contributed by atoms with E-state index in [0.29, 0.717) is 13.0 Å². The van der Waals surface area contributed by atoms with Crippen LogP contribution in [0.3, 0.4) is 0 Å². The lowest BCUT2D eigenvalue weighted by Crippen LogP contribution is -2.48. The largest absolute Gasteiger partial charge is 0.335 e. The number of hydrogen-bond donors (Lipinski definition) is 1. The maximum Gasteiger partial charge on any atom is 0.245 e. The molecular formula is C19H24BrN3O3. The number of nitrogens with zero attached hydrogens (tertiary/aromatic N) is 2. The third-order valence-corrected chi connectivity index (χ3v) is 5.46. The summed E-state index contributed by atoms with van der Waals surface area (Å²) in [5.41, 5.74) is 1.67. The van der Waals surface area contributed by atoms with Gasteiger partial charge in [-0.1, -0.05) is 15.9 Å². The van der Waals surface area contributed by atoms with E-state index in [0.717, 1.165) is 35.0 Å². The molecule has 0 bridgehead atoms. The third kappa shape index (κ3) is 4.26. The molecular weight excluding hydrogens is 398 g/mol. The maximum atomic E-state index is 12.7. The summed E-state index contributed by atoms with van der Waals surface area (Å²) >= 11 is 3.39. The van der Waals surface area contributed by atoms with Gasteiger partial charge >= 0.3 is 0 Å². The highest BCUT2D eigenvalue weighted by Crippen LogP contribution is 2.34. The van der Waals surface area contributed by atoms with Crippen molar-refractivity contribution in [1.82, 2.24) is 9.80 Å². The Morgan fingerprint density at radius 1 is 1.27 bits per heavy atom. The molecule has 6 nitrogen and oxygen atoms in total. The lowest BCUT2D eigenvalue weighted by atomic mass is 10.2. The van der Waals surface area contributed by atoms with Gasteiger partial charge in [-0.05, 0) is 56.4 Å². The Morgan fingerprint density at radius 2 is 2.00 bits per heavy atom. The van der Waals surface area contributed by atoms with Crippen molar-refractivity contribution in [1.29, 1.82) is 0 Å². The molecule has 3 amide bonds. The van der Waals surface area contributed by atoms with E-state index in [4.69, 9.17) is 0 Å². The number of halogens is 1. The molecule has 0 radical (unpaired) electrons. The highest BCUT2D eigenvalue weighted by molar-refractivity contribution is 9.10. The first-order valence-electron chi connectivity index (χ1n) is 8.98. The fraction of sp³-hybridized carbons (Fsp3) is 0.526. The summed E-state index contributed by atoms with van der Waals surface area (Å²) < 4.78 is 0.946. The van der Waals surface area contributed by atoms with Crippen LogP contribution in [0.15, 0.2) is 22.7 Å². The van der Waals surface area contributed by atoms with E-state index < -0.39 is 6.04 Å². The first-order valence-corrected chi connectivity index (χ1v) is 9.77. The van der Waals surface area contributed by atoms with Gasteiger partial charge < -0.3 is 15.1 Å². The maximum absolute atomic E-state index is 12.7. The average molecular weight is 422 g/mol. The van der Waals surface area contributed by atoms with Crippen molar-refractivity contribution in [2.75, 3.05) is 25.5 Å². The number of amides is 3. The van der Waals surface area contributed by atoms with Gasteiger partial charge in [0, 0.05) is 29.7 Å². The number of anilines is 1. The molecule has 0 spiro atoms. The SMILES string of the molecule is Cc1cc(Br)ccc1NC(=O)CN(C)C(=O)[C@H]1CCCN1C(=O)C1CC1. The lowest BCUT2D eigenvalue weighted by Gasteiger charge is -2.28. The van der Waals surface area contributed by atoms with Crippen LogP contribution in [0.25, 0.3) is 0 Å². The number of carbonyl (C=O) groups excluding carboxylic acids is 3. The molecule has 1 aliphatic carbocycles. The van der Waals surface area contributed by atoms with Gasteiger partial charge in [-0.3, -0.25) is 14.4 Å². The molecule has 1 atom stereocenters. The molecule has 7 heteroatoms.